The van der Waals surface area contributed by atoms with Crippen molar-refractivity contribution < 1.29 is 14.3 Å². The first kappa shape index (κ1) is 25.1. The van der Waals surface area contributed by atoms with Gasteiger partial charge in [-0.15, -0.1) is 0 Å². The van der Waals surface area contributed by atoms with Crippen molar-refractivity contribution in [1.29, 1.82) is 0 Å². The summed E-state index contributed by atoms with van der Waals surface area (Å²) in [5.74, 6) is 1.33. The van der Waals surface area contributed by atoms with E-state index in [2.05, 4.69) is 15.3 Å². The molecule has 1 unspecified atom stereocenters. The van der Waals surface area contributed by atoms with Gasteiger partial charge in [0.05, 0.1) is 15.6 Å². The van der Waals surface area contributed by atoms with Gasteiger partial charge in [0.1, 0.15) is 23.4 Å². The van der Waals surface area contributed by atoms with Crippen LogP contribution in [0.4, 0.5) is 5.82 Å². The predicted molar refractivity (Wildman–Crippen MR) is 146 cm³/mol. The number of hydrogen-bond donors (Lipinski definition) is 1. The Balaban J connectivity index is 1.35. The number of carbonyl (C=O) groups excluding carboxylic acids is 1. The zero-order valence-corrected chi connectivity index (χ0v) is 22.4. The summed E-state index contributed by atoms with van der Waals surface area (Å²) in [6, 6.07) is 9.63. The Morgan fingerprint density at radius 1 is 1.11 bits per heavy atom. The van der Waals surface area contributed by atoms with Crippen LogP contribution in [-0.2, 0) is 9.53 Å². The second-order valence-corrected chi connectivity index (χ2v) is 10.6. The Morgan fingerprint density at radius 3 is 2.61 bits per heavy atom. The van der Waals surface area contributed by atoms with E-state index in [1.54, 1.807) is 18.6 Å². The van der Waals surface area contributed by atoms with Crippen LogP contribution in [0, 0.1) is 5.92 Å². The fraction of sp³-hybridized carbons (Fsp3) is 0.357. The van der Waals surface area contributed by atoms with Gasteiger partial charge in [0, 0.05) is 47.6 Å². The lowest BCUT2D eigenvalue weighted by atomic mass is 10.1. The lowest BCUT2D eigenvalue weighted by Gasteiger charge is -2.23. The van der Waals surface area contributed by atoms with E-state index in [4.69, 9.17) is 37.8 Å². The number of hydrogen-bond acceptors (Lipinski definition) is 6. The highest BCUT2D eigenvalue weighted by molar-refractivity contribution is 6.35. The fourth-order valence-electron chi connectivity index (χ4n) is 4.80. The number of nitrogens with zero attached hydrogens (tertiary/aromatic N) is 4. The summed E-state index contributed by atoms with van der Waals surface area (Å²) in [6.45, 7) is 2.61. The van der Waals surface area contributed by atoms with Crippen LogP contribution in [-0.4, -0.2) is 32.3 Å². The van der Waals surface area contributed by atoms with Gasteiger partial charge in [0.2, 0.25) is 5.91 Å². The zero-order chi connectivity index (χ0) is 26.2. The molecule has 196 valence electrons. The first-order valence-electron chi connectivity index (χ1n) is 12.8. The Kier molecular flexibility index (Phi) is 6.95. The Morgan fingerprint density at radius 2 is 1.92 bits per heavy atom. The van der Waals surface area contributed by atoms with Crippen LogP contribution in [0.25, 0.3) is 22.2 Å². The van der Waals surface area contributed by atoms with E-state index >= 15 is 0 Å². The molecule has 4 heterocycles. The maximum Gasteiger partial charge on any atom is 0.228 e. The topological polar surface area (TPSA) is 91.2 Å². The zero-order valence-electron chi connectivity index (χ0n) is 20.9. The lowest BCUT2D eigenvalue weighted by molar-refractivity contribution is -0.117. The molecule has 1 saturated carbocycles. The molecule has 1 aliphatic heterocycles. The molecular weight excluding hydrogens is 525 g/mol. The number of carbonyl (C=O) groups is 1. The number of rotatable bonds is 7. The van der Waals surface area contributed by atoms with E-state index in [1.165, 1.54) is 0 Å². The standard InChI is InChI=1S/C28H27Cl2N5O3/c1-16(26-21(29)14-31-15-22(26)30)38-19-8-9-23-20(12-19)27(34-35(23)25-4-2-3-11-37-25)18-7-10-24(32-13-18)33-28(36)17-5-6-17/h7-10,12-17,25H,2-6,11H2,1H3,(H,32,33,36)/t16-,25?/m1/s1. The van der Waals surface area contributed by atoms with Crippen LogP contribution in [0.2, 0.25) is 10.0 Å². The highest BCUT2D eigenvalue weighted by Crippen LogP contribution is 2.37. The summed E-state index contributed by atoms with van der Waals surface area (Å²) >= 11 is 12.7. The molecule has 1 N–H and O–H groups in total. The van der Waals surface area contributed by atoms with E-state index in [9.17, 15) is 4.79 Å². The Bertz CT molecular complexity index is 1460. The molecule has 2 atom stereocenters. The molecule has 1 aliphatic carbocycles. The number of amides is 1. The van der Waals surface area contributed by atoms with Crippen LogP contribution in [0.15, 0.2) is 48.9 Å². The molecule has 1 amide bonds. The van der Waals surface area contributed by atoms with Gasteiger partial charge in [-0.25, -0.2) is 9.67 Å². The number of anilines is 1. The van der Waals surface area contributed by atoms with Crippen molar-refractivity contribution in [3.8, 4) is 17.0 Å². The van der Waals surface area contributed by atoms with Gasteiger partial charge < -0.3 is 14.8 Å². The molecule has 6 rings (SSSR count). The minimum atomic E-state index is -0.397. The van der Waals surface area contributed by atoms with Crippen LogP contribution in [0.1, 0.15) is 56.9 Å². The molecule has 3 aromatic heterocycles. The smallest absolute Gasteiger partial charge is 0.228 e. The van der Waals surface area contributed by atoms with E-state index in [0.717, 1.165) is 54.3 Å². The molecule has 1 aromatic carbocycles. The summed E-state index contributed by atoms with van der Waals surface area (Å²) in [4.78, 5) is 20.7. The maximum absolute atomic E-state index is 12.1. The molecule has 2 fully saturated rings. The predicted octanol–water partition coefficient (Wildman–Crippen LogP) is 6.99. The van der Waals surface area contributed by atoms with Gasteiger partial charge in [-0.2, -0.15) is 5.10 Å². The molecule has 0 spiro atoms. The third-order valence-electron chi connectivity index (χ3n) is 6.95. The largest absolute Gasteiger partial charge is 0.486 e. The summed E-state index contributed by atoms with van der Waals surface area (Å²) in [6.07, 6.45) is 9.25. The molecule has 0 bridgehead atoms. The number of aromatic nitrogens is 4. The van der Waals surface area contributed by atoms with Crippen molar-refractivity contribution in [2.45, 2.75) is 51.4 Å². The first-order chi connectivity index (χ1) is 18.5. The molecule has 4 aromatic rings. The van der Waals surface area contributed by atoms with Crippen molar-refractivity contribution in [3.63, 3.8) is 0 Å². The lowest BCUT2D eigenvalue weighted by Crippen LogP contribution is -2.19. The molecule has 0 radical (unpaired) electrons. The van der Waals surface area contributed by atoms with Gasteiger partial charge in [-0.05, 0) is 69.4 Å². The molecule has 10 heteroatoms. The van der Waals surface area contributed by atoms with E-state index in [1.807, 2.05) is 41.9 Å². The normalized spacial score (nSPS) is 18.3. The van der Waals surface area contributed by atoms with Crippen LogP contribution in [0.3, 0.4) is 0 Å². The Labute approximate surface area is 230 Å². The average Bonchev–Trinajstić information content (AvgIpc) is 3.71. The number of pyridine rings is 2. The van der Waals surface area contributed by atoms with E-state index < -0.39 is 6.10 Å². The van der Waals surface area contributed by atoms with Crippen LogP contribution >= 0.6 is 23.2 Å². The van der Waals surface area contributed by atoms with Crippen LogP contribution < -0.4 is 10.1 Å². The Hall–Kier alpha value is -3.20. The van der Waals surface area contributed by atoms with Crippen molar-refractivity contribution in [2.75, 3.05) is 11.9 Å². The van der Waals surface area contributed by atoms with Crippen LogP contribution in [0.5, 0.6) is 5.75 Å². The van der Waals surface area contributed by atoms with Gasteiger partial charge in [-0.1, -0.05) is 23.2 Å². The number of halogens is 2. The quantitative estimate of drug-likeness (QED) is 0.266. The maximum atomic E-state index is 12.1. The van der Waals surface area contributed by atoms with Gasteiger partial charge in [-0.3, -0.25) is 9.78 Å². The number of ether oxygens (including phenoxy) is 2. The fourth-order valence-corrected chi connectivity index (χ4v) is 5.47. The molecular formula is C28H27Cl2N5O3. The van der Waals surface area contributed by atoms with Crippen molar-refractivity contribution in [2.24, 2.45) is 5.92 Å². The van der Waals surface area contributed by atoms with Crippen molar-refractivity contribution in [1.82, 2.24) is 19.7 Å². The van der Waals surface area contributed by atoms with Gasteiger partial charge in [0.15, 0.2) is 6.23 Å². The number of nitrogens with one attached hydrogen (secondary N) is 1. The third kappa shape index (κ3) is 5.08. The van der Waals surface area contributed by atoms with Crippen molar-refractivity contribution in [3.05, 3.63) is 64.5 Å². The number of fused-ring (bicyclic) bond motifs is 1. The monoisotopic (exact) mass is 551 g/mol. The molecule has 1 saturated heterocycles. The highest BCUT2D eigenvalue weighted by Gasteiger charge is 2.30. The van der Waals surface area contributed by atoms with Crippen molar-refractivity contribution >= 4 is 45.8 Å². The molecule has 8 nitrogen and oxygen atoms in total. The molecule has 38 heavy (non-hydrogen) atoms. The van der Waals surface area contributed by atoms with Gasteiger partial charge in [0.25, 0.3) is 0 Å². The number of benzene rings is 1. The summed E-state index contributed by atoms with van der Waals surface area (Å²) in [7, 11) is 0. The van der Waals surface area contributed by atoms with Gasteiger partial charge >= 0.3 is 0 Å². The van der Waals surface area contributed by atoms with E-state index in [-0.39, 0.29) is 18.1 Å². The minimum Gasteiger partial charge on any atom is -0.486 e. The SMILES string of the molecule is C[C@@H](Oc1ccc2c(c1)c(-c1ccc(NC(=O)C3CC3)nc1)nn2C1CCCCO1)c1c(Cl)cncc1Cl. The van der Waals surface area contributed by atoms with E-state index in [0.29, 0.717) is 33.8 Å². The second-order valence-electron chi connectivity index (χ2n) is 9.77. The first-order valence-corrected chi connectivity index (χ1v) is 13.6. The average molecular weight is 552 g/mol. The summed E-state index contributed by atoms with van der Waals surface area (Å²) in [5.41, 5.74) is 3.22. The highest BCUT2D eigenvalue weighted by atomic mass is 35.5. The molecule has 2 aliphatic rings. The second kappa shape index (κ2) is 10.5. The minimum absolute atomic E-state index is 0.0275. The summed E-state index contributed by atoms with van der Waals surface area (Å²) < 4.78 is 14.3. The third-order valence-corrected chi connectivity index (χ3v) is 7.55. The summed E-state index contributed by atoms with van der Waals surface area (Å²) in [5, 5.41) is 9.68.